The van der Waals surface area contributed by atoms with Crippen LogP contribution < -0.4 is 9.62 Å². The van der Waals surface area contributed by atoms with Gasteiger partial charge in [-0.2, -0.15) is 0 Å². The van der Waals surface area contributed by atoms with Crippen LogP contribution in [0.4, 0.5) is 29.5 Å². The molecule has 4 rings (SSSR count). The molecule has 222 valence electrons. The summed E-state index contributed by atoms with van der Waals surface area (Å²) in [4.78, 5) is 17.5. The molecule has 1 fully saturated rings. The van der Waals surface area contributed by atoms with Gasteiger partial charge < -0.3 is 10.1 Å². The lowest BCUT2D eigenvalue weighted by Crippen LogP contribution is -2.55. The normalized spacial score (nSPS) is 15.3. The van der Waals surface area contributed by atoms with E-state index in [0.29, 0.717) is 17.7 Å². The molecule has 2 heterocycles. The molecule has 0 unspecified atom stereocenters. The number of thiazole rings is 1. The van der Waals surface area contributed by atoms with Crippen LogP contribution in [0.5, 0.6) is 0 Å². The first-order valence-electron chi connectivity index (χ1n) is 12.6. The zero-order valence-electron chi connectivity index (χ0n) is 23.1. The van der Waals surface area contributed by atoms with Crippen LogP contribution in [0, 0.1) is 17.5 Å². The number of carbonyl (C=O) groups is 1. The van der Waals surface area contributed by atoms with Crippen LogP contribution in [-0.2, 0) is 27.8 Å². The van der Waals surface area contributed by atoms with Gasteiger partial charge in [0.25, 0.3) is 10.0 Å². The van der Waals surface area contributed by atoms with E-state index in [1.165, 1.54) is 37.7 Å². The molecule has 2 aromatic carbocycles. The summed E-state index contributed by atoms with van der Waals surface area (Å²) in [7, 11) is -5.16. The van der Waals surface area contributed by atoms with Crippen molar-refractivity contribution in [3.8, 4) is 0 Å². The number of nitrogens with zero attached hydrogens (tertiary/aromatic N) is 3. The number of likely N-dealkylation sites (tertiary alicyclic amines) is 1. The minimum absolute atomic E-state index is 0.00773. The van der Waals surface area contributed by atoms with E-state index in [1.807, 2.05) is 0 Å². The third-order valence-corrected chi connectivity index (χ3v) is 9.74. The van der Waals surface area contributed by atoms with Gasteiger partial charge in [0, 0.05) is 36.1 Å². The Balaban J connectivity index is 1.66. The van der Waals surface area contributed by atoms with Crippen LogP contribution in [-0.4, -0.2) is 42.1 Å². The molecule has 3 aromatic rings. The molecule has 0 radical (unpaired) electrons. The van der Waals surface area contributed by atoms with Gasteiger partial charge in [0.1, 0.15) is 17.2 Å². The Morgan fingerprint density at radius 2 is 1.95 bits per heavy atom. The molecule has 1 amide bonds. The fourth-order valence-electron chi connectivity index (χ4n) is 4.30. The highest BCUT2D eigenvalue weighted by molar-refractivity contribution is 9.10. The molecule has 1 aliphatic rings. The number of aromatic nitrogens is 1. The van der Waals surface area contributed by atoms with Gasteiger partial charge in [0.2, 0.25) is 0 Å². The SMILES string of the molecule is CC(C)(C)OC(=O)N(c1cscn1)S(=O)(=O)c1c(F)cc(NCc2cccc(F)c2CN2CCC2(C)C)c(Br)c1F. The molecule has 0 bridgehead atoms. The van der Waals surface area contributed by atoms with E-state index in [9.17, 15) is 17.6 Å². The van der Waals surface area contributed by atoms with Gasteiger partial charge in [0.05, 0.1) is 15.7 Å². The van der Waals surface area contributed by atoms with Gasteiger partial charge >= 0.3 is 6.09 Å². The van der Waals surface area contributed by atoms with Crippen molar-refractivity contribution in [2.75, 3.05) is 16.2 Å². The highest BCUT2D eigenvalue weighted by Gasteiger charge is 2.41. The van der Waals surface area contributed by atoms with Gasteiger partial charge in [-0.05, 0) is 74.7 Å². The molecule has 0 aliphatic carbocycles. The van der Waals surface area contributed by atoms with E-state index in [-0.39, 0.29) is 32.4 Å². The van der Waals surface area contributed by atoms with E-state index in [1.54, 1.807) is 12.1 Å². The van der Waals surface area contributed by atoms with Crippen molar-refractivity contribution < 1.29 is 31.1 Å². The number of benzene rings is 2. The summed E-state index contributed by atoms with van der Waals surface area (Å²) in [6, 6.07) is 5.42. The molecule has 41 heavy (non-hydrogen) atoms. The standard InChI is InChI=1S/C27H30BrF3N4O4S2/c1-26(2,3)39-25(36)35(21-14-40-15-33-21)41(37,38)24-19(30)11-20(22(28)23(24)31)32-12-16-7-6-8-18(29)17(16)13-34-10-9-27(34,4)5/h6-8,11,14-15,32H,9-10,12-13H2,1-5H3. The lowest BCUT2D eigenvalue weighted by Gasteiger charge is -2.48. The van der Waals surface area contributed by atoms with Crippen molar-refractivity contribution in [3.05, 3.63) is 68.2 Å². The van der Waals surface area contributed by atoms with Crippen LogP contribution in [0.3, 0.4) is 0 Å². The van der Waals surface area contributed by atoms with E-state index < -0.39 is 44.1 Å². The van der Waals surface area contributed by atoms with Gasteiger partial charge in [-0.25, -0.2) is 31.4 Å². The highest BCUT2D eigenvalue weighted by Crippen LogP contribution is 2.37. The minimum Gasteiger partial charge on any atom is -0.443 e. The van der Waals surface area contributed by atoms with Gasteiger partial charge in [0.15, 0.2) is 16.5 Å². The smallest absolute Gasteiger partial charge is 0.430 e. The second-order valence-electron chi connectivity index (χ2n) is 11.2. The van der Waals surface area contributed by atoms with Crippen molar-refractivity contribution in [1.29, 1.82) is 0 Å². The number of rotatable bonds is 8. The van der Waals surface area contributed by atoms with Crippen molar-refractivity contribution in [1.82, 2.24) is 9.88 Å². The monoisotopic (exact) mass is 674 g/mol. The number of halogens is 4. The maximum atomic E-state index is 15.6. The number of hydrogen-bond donors (Lipinski definition) is 1. The molecular formula is C27H30BrF3N4O4S2. The average molecular weight is 676 g/mol. The molecule has 1 aromatic heterocycles. The Bertz CT molecular complexity index is 1560. The van der Waals surface area contributed by atoms with E-state index in [0.717, 1.165) is 30.4 Å². The average Bonchev–Trinajstić information content (AvgIpc) is 3.36. The first-order chi connectivity index (χ1) is 19.0. The second kappa shape index (κ2) is 11.5. The molecule has 1 aliphatic heterocycles. The summed E-state index contributed by atoms with van der Waals surface area (Å²) in [5.41, 5.74) is 1.04. The Labute approximate surface area is 249 Å². The Morgan fingerprint density at radius 1 is 1.24 bits per heavy atom. The number of sulfonamides is 1. The lowest BCUT2D eigenvalue weighted by molar-refractivity contribution is 0.00687. The summed E-state index contributed by atoms with van der Waals surface area (Å²) < 4.78 is 77.9. The maximum Gasteiger partial charge on any atom is 0.430 e. The van der Waals surface area contributed by atoms with Crippen LogP contribution in [0.1, 0.15) is 52.2 Å². The maximum absolute atomic E-state index is 15.6. The van der Waals surface area contributed by atoms with Crippen LogP contribution >= 0.6 is 27.3 Å². The predicted octanol–water partition coefficient (Wildman–Crippen LogP) is 7.05. The highest BCUT2D eigenvalue weighted by atomic mass is 79.9. The zero-order valence-corrected chi connectivity index (χ0v) is 26.3. The molecular weight excluding hydrogens is 645 g/mol. The first-order valence-corrected chi connectivity index (χ1v) is 15.8. The molecule has 0 atom stereocenters. The second-order valence-corrected chi connectivity index (χ2v) is 14.4. The van der Waals surface area contributed by atoms with Crippen molar-refractivity contribution in [2.24, 2.45) is 0 Å². The van der Waals surface area contributed by atoms with Crippen molar-refractivity contribution >= 4 is 54.9 Å². The fourth-order valence-corrected chi connectivity index (χ4v) is 6.86. The Kier molecular flexibility index (Phi) is 8.80. The van der Waals surface area contributed by atoms with Gasteiger partial charge in [-0.3, -0.25) is 4.90 Å². The summed E-state index contributed by atoms with van der Waals surface area (Å²) in [6.07, 6.45) is -0.381. The molecule has 0 saturated carbocycles. The quantitative estimate of drug-likeness (QED) is 0.256. The van der Waals surface area contributed by atoms with Crippen LogP contribution in [0.25, 0.3) is 0 Å². The predicted molar refractivity (Wildman–Crippen MR) is 155 cm³/mol. The largest absolute Gasteiger partial charge is 0.443 e. The molecule has 1 saturated heterocycles. The number of carbonyl (C=O) groups excluding carboxylic acids is 1. The number of amides is 1. The summed E-state index contributed by atoms with van der Waals surface area (Å²) in [6.45, 7) is 9.91. The minimum atomic E-state index is -5.16. The van der Waals surface area contributed by atoms with Gasteiger partial charge in [-0.1, -0.05) is 12.1 Å². The van der Waals surface area contributed by atoms with E-state index >= 15 is 8.78 Å². The van der Waals surface area contributed by atoms with Crippen LogP contribution in [0.15, 0.2) is 44.5 Å². The molecule has 1 N–H and O–H groups in total. The Morgan fingerprint density at radius 3 is 2.51 bits per heavy atom. The van der Waals surface area contributed by atoms with Crippen LogP contribution in [0.2, 0.25) is 0 Å². The Hall–Kier alpha value is -2.68. The molecule has 0 spiro atoms. The van der Waals surface area contributed by atoms with Gasteiger partial charge in [-0.15, -0.1) is 15.6 Å². The van der Waals surface area contributed by atoms with Crippen molar-refractivity contribution in [3.63, 3.8) is 0 Å². The molecule has 14 heteroatoms. The summed E-state index contributed by atoms with van der Waals surface area (Å²) >= 11 is 4.01. The zero-order chi connectivity index (χ0) is 30.3. The third-order valence-electron chi connectivity index (χ3n) is 6.69. The number of hydrogen-bond acceptors (Lipinski definition) is 8. The number of anilines is 2. The van der Waals surface area contributed by atoms with E-state index in [4.69, 9.17) is 4.74 Å². The number of ether oxygens (including phenoxy) is 1. The lowest BCUT2D eigenvalue weighted by atomic mass is 9.88. The summed E-state index contributed by atoms with van der Waals surface area (Å²) in [5.74, 6) is -3.67. The topological polar surface area (TPSA) is 91.8 Å². The van der Waals surface area contributed by atoms with E-state index in [2.05, 4.69) is 45.0 Å². The first kappa shape index (κ1) is 31.3. The number of nitrogens with one attached hydrogen (secondary N) is 1. The van der Waals surface area contributed by atoms with Crippen molar-refractivity contribution in [2.45, 2.75) is 70.2 Å². The third kappa shape index (κ3) is 6.55. The molecule has 8 nitrogen and oxygen atoms in total. The summed E-state index contributed by atoms with van der Waals surface area (Å²) in [5, 5.41) is 4.11. The fraction of sp³-hybridized carbons (Fsp3) is 0.407.